The Morgan fingerprint density at radius 1 is 0.309 bits per heavy atom. The molecular weight excluding hydrogens is 667 g/mol. The SMILES string of the molecule is c1ccc(-c2ccc(-c3nc4cc(-c5ccc6ccccc6c5)c(-c5ccccc5)cc4nc3-n3c4ccccc4c4cc5ccccc5cc43)cc2)cc1. The van der Waals surface area contributed by atoms with E-state index in [4.69, 9.17) is 9.97 Å². The van der Waals surface area contributed by atoms with Gasteiger partial charge in [0.2, 0.25) is 0 Å². The number of para-hydroxylation sites is 1. The minimum atomic E-state index is 0.805. The van der Waals surface area contributed by atoms with E-state index >= 15 is 0 Å². The molecule has 0 N–H and O–H groups in total. The molecule has 0 saturated heterocycles. The van der Waals surface area contributed by atoms with Crippen molar-refractivity contribution in [1.29, 1.82) is 0 Å². The van der Waals surface area contributed by atoms with Crippen molar-refractivity contribution in [1.82, 2.24) is 14.5 Å². The summed E-state index contributed by atoms with van der Waals surface area (Å²) >= 11 is 0. The third kappa shape index (κ3) is 5.28. The lowest BCUT2D eigenvalue weighted by atomic mass is 9.92. The van der Waals surface area contributed by atoms with Crippen LogP contribution in [0.5, 0.6) is 0 Å². The second-order valence-electron chi connectivity index (χ2n) is 14.2. The lowest BCUT2D eigenvalue weighted by Crippen LogP contribution is -2.04. The quantitative estimate of drug-likeness (QED) is 0.179. The predicted octanol–water partition coefficient (Wildman–Crippen LogP) is 13.7. The van der Waals surface area contributed by atoms with Crippen LogP contribution < -0.4 is 0 Å². The molecule has 0 saturated carbocycles. The fraction of sp³-hybridized carbons (Fsp3) is 0. The highest BCUT2D eigenvalue weighted by atomic mass is 15.1. The summed E-state index contributed by atoms with van der Waals surface area (Å²) in [6, 6.07) is 71.5. The van der Waals surface area contributed by atoms with Gasteiger partial charge in [0.25, 0.3) is 0 Å². The summed E-state index contributed by atoms with van der Waals surface area (Å²) in [5.41, 5.74) is 12.6. The fourth-order valence-corrected chi connectivity index (χ4v) is 8.23. The van der Waals surface area contributed by atoms with E-state index in [0.717, 1.165) is 67.0 Å². The second kappa shape index (κ2) is 12.6. The van der Waals surface area contributed by atoms with Gasteiger partial charge in [-0.2, -0.15) is 0 Å². The zero-order valence-electron chi connectivity index (χ0n) is 29.9. The first-order chi connectivity index (χ1) is 27.2. The molecular formula is C52H33N3. The predicted molar refractivity (Wildman–Crippen MR) is 231 cm³/mol. The first-order valence-corrected chi connectivity index (χ1v) is 18.7. The van der Waals surface area contributed by atoms with E-state index in [1.165, 1.54) is 37.9 Å². The summed E-state index contributed by atoms with van der Waals surface area (Å²) in [6.07, 6.45) is 0. The molecule has 0 aliphatic heterocycles. The molecule has 11 aromatic rings. The van der Waals surface area contributed by atoms with E-state index in [1.807, 2.05) is 0 Å². The normalized spacial score (nSPS) is 11.6. The van der Waals surface area contributed by atoms with Gasteiger partial charge in [-0.1, -0.05) is 164 Å². The van der Waals surface area contributed by atoms with Crippen LogP contribution in [0.15, 0.2) is 200 Å². The van der Waals surface area contributed by atoms with Crippen molar-refractivity contribution in [3.8, 4) is 50.5 Å². The van der Waals surface area contributed by atoms with Crippen LogP contribution in [0.2, 0.25) is 0 Å². The van der Waals surface area contributed by atoms with E-state index < -0.39 is 0 Å². The highest BCUT2D eigenvalue weighted by molar-refractivity contribution is 6.14. The summed E-state index contributed by atoms with van der Waals surface area (Å²) in [5.74, 6) is 0.805. The molecule has 3 nitrogen and oxygen atoms in total. The van der Waals surface area contributed by atoms with Crippen molar-refractivity contribution >= 4 is 54.4 Å². The summed E-state index contributed by atoms with van der Waals surface area (Å²) < 4.78 is 2.32. The smallest absolute Gasteiger partial charge is 0.165 e. The molecule has 0 fully saturated rings. The zero-order chi connectivity index (χ0) is 36.3. The Morgan fingerprint density at radius 2 is 0.836 bits per heavy atom. The van der Waals surface area contributed by atoms with Gasteiger partial charge in [-0.3, -0.25) is 4.57 Å². The van der Waals surface area contributed by atoms with Gasteiger partial charge in [0.15, 0.2) is 5.82 Å². The van der Waals surface area contributed by atoms with E-state index in [1.54, 1.807) is 0 Å². The lowest BCUT2D eigenvalue weighted by molar-refractivity contribution is 1.08. The fourth-order valence-electron chi connectivity index (χ4n) is 8.23. The third-order valence-corrected chi connectivity index (χ3v) is 10.9. The van der Waals surface area contributed by atoms with Gasteiger partial charge < -0.3 is 0 Å². The van der Waals surface area contributed by atoms with Gasteiger partial charge in [0, 0.05) is 16.3 Å². The molecule has 0 bridgehead atoms. The van der Waals surface area contributed by atoms with E-state index in [9.17, 15) is 0 Å². The number of fused-ring (bicyclic) bond motifs is 6. The number of rotatable bonds is 5. The maximum Gasteiger partial charge on any atom is 0.165 e. The Bertz CT molecular complexity index is 3230. The maximum atomic E-state index is 5.63. The molecule has 0 radical (unpaired) electrons. The highest BCUT2D eigenvalue weighted by Crippen LogP contribution is 2.41. The van der Waals surface area contributed by atoms with Crippen LogP contribution in [0.3, 0.4) is 0 Å². The maximum absolute atomic E-state index is 5.63. The summed E-state index contributed by atoms with van der Waals surface area (Å²) in [6.45, 7) is 0. The van der Waals surface area contributed by atoms with Crippen LogP contribution in [0, 0.1) is 0 Å². The monoisotopic (exact) mass is 699 g/mol. The Morgan fingerprint density at radius 3 is 1.58 bits per heavy atom. The molecule has 9 aromatic carbocycles. The van der Waals surface area contributed by atoms with Gasteiger partial charge >= 0.3 is 0 Å². The minimum Gasteiger partial charge on any atom is -0.292 e. The van der Waals surface area contributed by atoms with Crippen LogP contribution in [-0.2, 0) is 0 Å². The van der Waals surface area contributed by atoms with Crippen LogP contribution >= 0.6 is 0 Å². The van der Waals surface area contributed by atoms with E-state index in [-0.39, 0.29) is 0 Å². The van der Waals surface area contributed by atoms with Crippen LogP contribution in [0.4, 0.5) is 0 Å². The van der Waals surface area contributed by atoms with Crippen molar-refractivity contribution in [3.05, 3.63) is 200 Å². The standard InChI is InChI=1S/C52H33N3/c1-3-13-34(14-4-1)36-23-26-38(27-24-36)51-52(55-49-22-12-11-21-43(49)46-30-40-19-9-10-20-41(40)31-50(46)55)54-48-32-44(37-16-5-2-6-17-37)45(33-47(48)53-51)42-28-25-35-15-7-8-18-39(35)29-42/h1-33H. The van der Waals surface area contributed by atoms with Gasteiger partial charge in [0.1, 0.15) is 5.69 Å². The molecule has 0 amide bonds. The first-order valence-electron chi connectivity index (χ1n) is 18.7. The van der Waals surface area contributed by atoms with E-state index in [2.05, 4.69) is 205 Å². The molecule has 0 aliphatic carbocycles. The molecule has 0 aliphatic rings. The van der Waals surface area contributed by atoms with Crippen molar-refractivity contribution in [2.24, 2.45) is 0 Å². The first kappa shape index (κ1) is 31.2. The Balaban J connectivity index is 1.22. The third-order valence-electron chi connectivity index (χ3n) is 10.9. The number of aromatic nitrogens is 3. The Kier molecular flexibility index (Phi) is 7.17. The molecule has 11 rings (SSSR count). The van der Waals surface area contributed by atoms with Crippen LogP contribution in [0.1, 0.15) is 0 Å². The summed E-state index contributed by atoms with van der Waals surface area (Å²) in [5, 5.41) is 7.21. The topological polar surface area (TPSA) is 30.7 Å². The average molecular weight is 700 g/mol. The number of hydrogen-bond donors (Lipinski definition) is 0. The largest absolute Gasteiger partial charge is 0.292 e. The number of benzene rings is 9. The molecule has 256 valence electrons. The Hall–Kier alpha value is -7.36. The summed E-state index contributed by atoms with van der Waals surface area (Å²) in [4.78, 5) is 11.2. The van der Waals surface area contributed by atoms with Crippen LogP contribution in [0.25, 0.3) is 105 Å². The minimum absolute atomic E-state index is 0.805. The van der Waals surface area contributed by atoms with Crippen molar-refractivity contribution in [2.45, 2.75) is 0 Å². The summed E-state index contributed by atoms with van der Waals surface area (Å²) in [7, 11) is 0. The van der Waals surface area contributed by atoms with Gasteiger partial charge in [-0.05, 0) is 91.3 Å². The van der Waals surface area contributed by atoms with Gasteiger partial charge in [-0.15, -0.1) is 0 Å². The van der Waals surface area contributed by atoms with Crippen molar-refractivity contribution in [3.63, 3.8) is 0 Å². The molecule has 55 heavy (non-hydrogen) atoms. The van der Waals surface area contributed by atoms with E-state index in [0.29, 0.717) is 0 Å². The Labute approximate surface area is 318 Å². The molecule has 0 spiro atoms. The molecule has 2 heterocycles. The number of nitrogens with zero attached hydrogens (tertiary/aromatic N) is 3. The van der Waals surface area contributed by atoms with Crippen molar-refractivity contribution in [2.75, 3.05) is 0 Å². The molecule has 2 aromatic heterocycles. The van der Waals surface area contributed by atoms with Crippen molar-refractivity contribution < 1.29 is 0 Å². The molecule has 0 unspecified atom stereocenters. The average Bonchev–Trinajstić information content (AvgIpc) is 3.58. The van der Waals surface area contributed by atoms with Gasteiger partial charge in [0.05, 0.1) is 22.1 Å². The van der Waals surface area contributed by atoms with Gasteiger partial charge in [-0.25, -0.2) is 9.97 Å². The number of hydrogen-bond acceptors (Lipinski definition) is 2. The molecule has 3 heteroatoms. The molecule has 0 atom stereocenters. The zero-order valence-corrected chi connectivity index (χ0v) is 29.9. The lowest BCUT2D eigenvalue weighted by Gasteiger charge is -2.17. The highest BCUT2D eigenvalue weighted by Gasteiger charge is 2.21. The van der Waals surface area contributed by atoms with Crippen LogP contribution in [-0.4, -0.2) is 14.5 Å². The second-order valence-corrected chi connectivity index (χ2v) is 14.2.